The fourth-order valence-electron chi connectivity index (χ4n) is 2.34. The normalized spacial score (nSPS) is 19.2. The maximum Gasteiger partial charge on any atom is 0.0354 e. The average Bonchev–Trinajstić information content (AvgIpc) is 2.47. The molecule has 1 aliphatic rings. The van der Waals surface area contributed by atoms with Gasteiger partial charge in [0.2, 0.25) is 0 Å². The molecule has 0 atom stereocenters. The molecule has 0 aliphatic heterocycles. The first kappa shape index (κ1) is 9.32. The summed E-state index contributed by atoms with van der Waals surface area (Å²) in [5.41, 5.74) is 1.51. The lowest BCUT2D eigenvalue weighted by molar-refractivity contribution is 0.429. The van der Waals surface area contributed by atoms with E-state index in [1.165, 1.54) is 42.3 Å². The Bertz CT molecular complexity index is 284. The summed E-state index contributed by atoms with van der Waals surface area (Å²) in [6.07, 6.45) is 9.17. The Morgan fingerprint density at radius 1 is 1.31 bits per heavy atom. The second kappa shape index (κ2) is 3.87. The molecule has 0 N–H and O–H groups in total. The minimum absolute atomic E-state index is 0.810. The van der Waals surface area contributed by atoms with Crippen molar-refractivity contribution in [3.63, 3.8) is 0 Å². The van der Waals surface area contributed by atoms with Crippen molar-refractivity contribution in [2.45, 2.75) is 38.0 Å². The predicted molar refractivity (Wildman–Crippen MR) is 58.9 cm³/mol. The number of hydrogen-bond acceptors (Lipinski definition) is 0. The molecule has 1 aromatic rings. The van der Waals surface area contributed by atoms with Gasteiger partial charge in [0.25, 0.3) is 0 Å². The molecule has 1 heterocycles. The first-order valence-corrected chi connectivity index (χ1v) is 5.88. The second-order valence-corrected chi connectivity index (χ2v) is 4.94. The highest BCUT2D eigenvalue weighted by Gasteiger charge is 2.17. The quantitative estimate of drug-likeness (QED) is 0.705. The van der Waals surface area contributed by atoms with E-state index in [0.717, 1.165) is 5.92 Å². The van der Waals surface area contributed by atoms with Crippen molar-refractivity contribution < 1.29 is 0 Å². The Balaban J connectivity index is 2.18. The van der Waals surface area contributed by atoms with Crippen LogP contribution in [-0.2, 0) is 7.05 Å². The Labute approximate surface area is 88.3 Å². The van der Waals surface area contributed by atoms with Crippen LogP contribution in [0.1, 0.15) is 43.7 Å². The fraction of sp³-hybridized carbons (Fsp3) is 0.636. The van der Waals surface area contributed by atoms with Crippen molar-refractivity contribution in [2.24, 2.45) is 7.05 Å². The molecule has 0 unspecified atom stereocenters. The third-order valence-corrected chi connectivity index (χ3v) is 3.47. The molecule has 1 saturated carbocycles. The van der Waals surface area contributed by atoms with Crippen molar-refractivity contribution in [3.8, 4) is 0 Å². The fourth-order valence-corrected chi connectivity index (χ4v) is 2.89. The van der Waals surface area contributed by atoms with Crippen LogP contribution < -0.4 is 0 Å². The summed E-state index contributed by atoms with van der Waals surface area (Å²) in [6.45, 7) is 0. The van der Waals surface area contributed by atoms with Gasteiger partial charge >= 0.3 is 0 Å². The predicted octanol–water partition coefficient (Wildman–Crippen LogP) is 3.84. The first-order valence-electron chi connectivity index (χ1n) is 5.09. The van der Waals surface area contributed by atoms with Crippen LogP contribution in [0, 0.1) is 0 Å². The van der Waals surface area contributed by atoms with E-state index >= 15 is 0 Å². The lowest BCUT2D eigenvalue weighted by Crippen LogP contribution is -2.08. The third kappa shape index (κ3) is 1.98. The number of nitrogens with zero attached hydrogens (tertiary/aromatic N) is 1. The molecule has 1 aliphatic carbocycles. The van der Waals surface area contributed by atoms with Gasteiger partial charge in [0.1, 0.15) is 0 Å². The van der Waals surface area contributed by atoms with Crippen LogP contribution in [0.15, 0.2) is 16.7 Å². The molecule has 2 heteroatoms. The molecular weight excluding hydrogens is 226 g/mol. The molecule has 1 aromatic heterocycles. The van der Waals surface area contributed by atoms with Gasteiger partial charge in [-0.3, -0.25) is 0 Å². The molecule has 2 rings (SSSR count). The SMILES string of the molecule is Cn1cc(Br)cc1C1CCCCC1. The molecule has 0 saturated heterocycles. The van der Waals surface area contributed by atoms with Crippen molar-refractivity contribution in [1.82, 2.24) is 4.57 Å². The molecule has 13 heavy (non-hydrogen) atoms. The van der Waals surface area contributed by atoms with Gasteiger partial charge < -0.3 is 4.57 Å². The van der Waals surface area contributed by atoms with Gasteiger partial charge in [-0.15, -0.1) is 0 Å². The number of hydrogen-bond donors (Lipinski definition) is 0. The molecule has 0 amide bonds. The van der Waals surface area contributed by atoms with E-state index < -0.39 is 0 Å². The first-order chi connectivity index (χ1) is 6.27. The number of aryl methyl sites for hydroxylation is 1. The highest BCUT2D eigenvalue weighted by molar-refractivity contribution is 9.10. The van der Waals surface area contributed by atoms with Gasteiger partial charge in [-0.05, 0) is 40.8 Å². The Kier molecular flexibility index (Phi) is 2.77. The van der Waals surface area contributed by atoms with Crippen molar-refractivity contribution in [1.29, 1.82) is 0 Å². The summed E-state index contributed by atoms with van der Waals surface area (Å²) in [6, 6.07) is 2.27. The summed E-state index contributed by atoms with van der Waals surface area (Å²) in [4.78, 5) is 0. The van der Waals surface area contributed by atoms with Crippen LogP contribution in [0.4, 0.5) is 0 Å². The standard InChI is InChI=1S/C11H16BrN/c1-13-8-10(12)7-11(13)9-5-3-2-4-6-9/h7-9H,2-6H2,1H3. The van der Waals surface area contributed by atoms with Crippen LogP contribution in [-0.4, -0.2) is 4.57 Å². The minimum atomic E-state index is 0.810. The van der Waals surface area contributed by atoms with E-state index in [0.29, 0.717) is 0 Å². The van der Waals surface area contributed by atoms with E-state index in [1.807, 2.05) is 0 Å². The van der Waals surface area contributed by atoms with E-state index in [9.17, 15) is 0 Å². The van der Waals surface area contributed by atoms with E-state index in [4.69, 9.17) is 0 Å². The summed E-state index contributed by atoms with van der Waals surface area (Å²) in [5, 5.41) is 0. The highest BCUT2D eigenvalue weighted by Crippen LogP contribution is 2.33. The lowest BCUT2D eigenvalue weighted by atomic mass is 9.87. The number of rotatable bonds is 1. The van der Waals surface area contributed by atoms with Crippen LogP contribution in [0.5, 0.6) is 0 Å². The molecule has 1 fully saturated rings. The van der Waals surface area contributed by atoms with E-state index in [1.54, 1.807) is 0 Å². The zero-order valence-electron chi connectivity index (χ0n) is 8.09. The summed E-state index contributed by atoms with van der Waals surface area (Å²) in [7, 11) is 2.15. The van der Waals surface area contributed by atoms with Gasteiger partial charge in [-0.1, -0.05) is 19.3 Å². The van der Waals surface area contributed by atoms with Crippen molar-refractivity contribution in [2.75, 3.05) is 0 Å². The summed E-state index contributed by atoms with van der Waals surface area (Å²) < 4.78 is 3.48. The lowest BCUT2D eigenvalue weighted by Gasteiger charge is -2.22. The number of aromatic nitrogens is 1. The zero-order chi connectivity index (χ0) is 9.26. The van der Waals surface area contributed by atoms with Gasteiger partial charge in [-0.25, -0.2) is 0 Å². The van der Waals surface area contributed by atoms with Gasteiger partial charge in [-0.2, -0.15) is 0 Å². The third-order valence-electron chi connectivity index (χ3n) is 3.03. The van der Waals surface area contributed by atoms with Crippen LogP contribution in [0.3, 0.4) is 0 Å². The van der Waals surface area contributed by atoms with Crippen LogP contribution >= 0.6 is 15.9 Å². The smallest absolute Gasteiger partial charge is 0.0354 e. The summed E-state index contributed by atoms with van der Waals surface area (Å²) >= 11 is 3.53. The van der Waals surface area contributed by atoms with Crippen molar-refractivity contribution in [3.05, 3.63) is 22.4 Å². The van der Waals surface area contributed by atoms with Crippen LogP contribution in [0.25, 0.3) is 0 Å². The minimum Gasteiger partial charge on any atom is -0.353 e. The molecule has 72 valence electrons. The van der Waals surface area contributed by atoms with E-state index in [-0.39, 0.29) is 0 Å². The van der Waals surface area contributed by atoms with Crippen LogP contribution in [0.2, 0.25) is 0 Å². The highest BCUT2D eigenvalue weighted by atomic mass is 79.9. The molecule has 0 bridgehead atoms. The molecular formula is C11H16BrN. The molecule has 1 nitrogen and oxygen atoms in total. The second-order valence-electron chi connectivity index (χ2n) is 4.03. The van der Waals surface area contributed by atoms with E-state index in [2.05, 4.69) is 39.8 Å². The monoisotopic (exact) mass is 241 g/mol. The van der Waals surface area contributed by atoms with Gasteiger partial charge in [0.15, 0.2) is 0 Å². The summed E-state index contributed by atoms with van der Waals surface area (Å²) in [5.74, 6) is 0.810. The Morgan fingerprint density at radius 2 is 2.00 bits per heavy atom. The Hall–Kier alpha value is -0.240. The van der Waals surface area contributed by atoms with Gasteiger partial charge in [0.05, 0.1) is 0 Å². The average molecular weight is 242 g/mol. The topological polar surface area (TPSA) is 4.93 Å². The molecule has 0 spiro atoms. The maximum absolute atomic E-state index is 3.53. The maximum atomic E-state index is 3.53. The Morgan fingerprint density at radius 3 is 2.54 bits per heavy atom. The largest absolute Gasteiger partial charge is 0.353 e. The molecule has 0 aromatic carbocycles. The van der Waals surface area contributed by atoms with Gasteiger partial charge in [0, 0.05) is 23.4 Å². The molecule has 0 radical (unpaired) electrons. The zero-order valence-corrected chi connectivity index (χ0v) is 9.68. The van der Waals surface area contributed by atoms with Crippen molar-refractivity contribution >= 4 is 15.9 Å². The number of halogens is 1.